The van der Waals surface area contributed by atoms with Gasteiger partial charge in [-0.05, 0) is 6.42 Å². The molecular weight excluding hydrogens is 156 g/mol. The highest BCUT2D eigenvalue weighted by Gasteiger charge is 1.94. The van der Waals surface area contributed by atoms with E-state index >= 15 is 0 Å². The lowest BCUT2D eigenvalue weighted by atomic mass is 10.2. The Bertz CT molecular complexity index is 220. The summed E-state index contributed by atoms with van der Waals surface area (Å²) in [4.78, 5) is 9.93. The summed E-state index contributed by atoms with van der Waals surface area (Å²) in [5.74, 6) is 2.84. The standard InChI is InChI=1S/C9H12O3/c1-2-3-4-5-8(10)6-7-9(11)12/h3-4,8,10H,2,5H2,1H3,(H,11,12)/b4-3+. The highest BCUT2D eigenvalue weighted by molar-refractivity contribution is 5.86. The van der Waals surface area contributed by atoms with E-state index in [9.17, 15) is 4.79 Å². The molecule has 0 aliphatic heterocycles. The van der Waals surface area contributed by atoms with Crippen LogP contribution in [-0.2, 0) is 4.79 Å². The van der Waals surface area contributed by atoms with Gasteiger partial charge in [0, 0.05) is 12.3 Å². The van der Waals surface area contributed by atoms with Crippen molar-refractivity contribution in [3.8, 4) is 11.8 Å². The lowest BCUT2D eigenvalue weighted by Crippen LogP contribution is -2.01. The molecule has 0 aliphatic rings. The van der Waals surface area contributed by atoms with Gasteiger partial charge in [0.05, 0.1) is 0 Å². The number of rotatable bonds is 3. The van der Waals surface area contributed by atoms with E-state index in [4.69, 9.17) is 10.2 Å². The second-order valence-electron chi connectivity index (χ2n) is 2.21. The molecule has 12 heavy (non-hydrogen) atoms. The average Bonchev–Trinajstić information content (AvgIpc) is 2.01. The lowest BCUT2D eigenvalue weighted by molar-refractivity contribution is -0.130. The summed E-state index contributed by atoms with van der Waals surface area (Å²) in [6, 6.07) is 0. The number of carbonyl (C=O) groups is 1. The molecule has 0 aromatic rings. The molecule has 0 saturated heterocycles. The second kappa shape index (κ2) is 6.44. The van der Waals surface area contributed by atoms with Crippen molar-refractivity contribution in [3.05, 3.63) is 12.2 Å². The number of hydrogen-bond donors (Lipinski definition) is 2. The van der Waals surface area contributed by atoms with Crippen LogP contribution in [0.3, 0.4) is 0 Å². The maximum Gasteiger partial charge on any atom is 0.381 e. The predicted octanol–water partition coefficient (Wildman–Crippen LogP) is 0.792. The smallest absolute Gasteiger partial charge is 0.381 e. The summed E-state index contributed by atoms with van der Waals surface area (Å²) >= 11 is 0. The second-order valence-corrected chi connectivity index (χ2v) is 2.21. The van der Waals surface area contributed by atoms with Crippen molar-refractivity contribution in [1.82, 2.24) is 0 Å². The first-order valence-corrected chi connectivity index (χ1v) is 3.74. The van der Waals surface area contributed by atoms with Crippen molar-refractivity contribution in [1.29, 1.82) is 0 Å². The minimum absolute atomic E-state index is 0.383. The quantitative estimate of drug-likeness (QED) is 0.484. The number of hydrogen-bond acceptors (Lipinski definition) is 2. The molecule has 1 atom stereocenters. The van der Waals surface area contributed by atoms with Gasteiger partial charge < -0.3 is 10.2 Å². The zero-order valence-electron chi connectivity index (χ0n) is 6.95. The van der Waals surface area contributed by atoms with Crippen molar-refractivity contribution < 1.29 is 15.0 Å². The van der Waals surface area contributed by atoms with Crippen LogP contribution < -0.4 is 0 Å². The Balaban J connectivity index is 3.76. The van der Waals surface area contributed by atoms with Gasteiger partial charge in [-0.3, -0.25) is 0 Å². The molecular formula is C9H12O3. The van der Waals surface area contributed by atoms with Crippen molar-refractivity contribution in [2.45, 2.75) is 25.9 Å². The van der Waals surface area contributed by atoms with Gasteiger partial charge in [0.25, 0.3) is 0 Å². The van der Waals surface area contributed by atoms with Crippen LogP contribution in [-0.4, -0.2) is 22.3 Å². The molecule has 3 nitrogen and oxygen atoms in total. The number of allylic oxidation sites excluding steroid dienone is 1. The molecule has 0 radical (unpaired) electrons. The first-order chi connectivity index (χ1) is 5.66. The first-order valence-electron chi connectivity index (χ1n) is 3.74. The van der Waals surface area contributed by atoms with Gasteiger partial charge >= 0.3 is 5.97 Å². The zero-order valence-corrected chi connectivity index (χ0v) is 6.95. The van der Waals surface area contributed by atoms with Crippen LogP contribution in [0.5, 0.6) is 0 Å². The number of carboxylic acid groups (broad SMARTS) is 1. The van der Waals surface area contributed by atoms with E-state index in [1.807, 2.05) is 18.9 Å². The van der Waals surface area contributed by atoms with Gasteiger partial charge in [-0.2, -0.15) is 0 Å². The van der Waals surface area contributed by atoms with Crippen LogP contribution in [0.1, 0.15) is 19.8 Å². The number of aliphatic carboxylic acids is 1. The van der Waals surface area contributed by atoms with Gasteiger partial charge in [0.15, 0.2) is 0 Å². The largest absolute Gasteiger partial charge is 0.472 e. The topological polar surface area (TPSA) is 57.5 Å². The van der Waals surface area contributed by atoms with Crippen LogP contribution in [0.15, 0.2) is 12.2 Å². The van der Waals surface area contributed by atoms with E-state index in [-0.39, 0.29) is 0 Å². The van der Waals surface area contributed by atoms with E-state index in [0.29, 0.717) is 6.42 Å². The van der Waals surface area contributed by atoms with Gasteiger partial charge in [0.2, 0.25) is 0 Å². The molecule has 0 aromatic carbocycles. The van der Waals surface area contributed by atoms with Gasteiger partial charge in [-0.1, -0.05) is 25.0 Å². The summed E-state index contributed by atoms with van der Waals surface area (Å²) < 4.78 is 0. The SMILES string of the molecule is CC/C=C/CC(O)C#CC(=O)O. The molecule has 3 heteroatoms. The molecule has 0 aliphatic carbocycles. The first kappa shape index (κ1) is 10.7. The van der Waals surface area contributed by atoms with Crippen LogP contribution in [0.4, 0.5) is 0 Å². The summed E-state index contributed by atoms with van der Waals surface area (Å²) in [5, 5.41) is 17.2. The highest BCUT2D eigenvalue weighted by Crippen LogP contribution is 1.92. The maximum absolute atomic E-state index is 9.93. The Kier molecular flexibility index (Phi) is 5.76. The fraction of sp³-hybridized carbons (Fsp3) is 0.444. The van der Waals surface area contributed by atoms with E-state index < -0.39 is 12.1 Å². The predicted molar refractivity (Wildman–Crippen MR) is 45.5 cm³/mol. The van der Waals surface area contributed by atoms with E-state index in [1.54, 1.807) is 6.08 Å². The van der Waals surface area contributed by atoms with Gasteiger partial charge in [-0.25, -0.2) is 4.79 Å². The van der Waals surface area contributed by atoms with E-state index in [0.717, 1.165) is 6.42 Å². The normalized spacial score (nSPS) is 12.2. The summed E-state index contributed by atoms with van der Waals surface area (Å²) in [6.45, 7) is 1.98. The van der Waals surface area contributed by atoms with Crippen molar-refractivity contribution >= 4 is 5.97 Å². The van der Waals surface area contributed by atoms with Crippen LogP contribution in [0.2, 0.25) is 0 Å². The number of carboxylic acids is 1. The summed E-state index contributed by atoms with van der Waals surface area (Å²) in [5.41, 5.74) is 0. The molecule has 0 heterocycles. The molecule has 2 N–H and O–H groups in total. The van der Waals surface area contributed by atoms with E-state index in [1.165, 1.54) is 0 Å². The third-order valence-electron chi connectivity index (χ3n) is 1.11. The molecule has 0 amide bonds. The lowest BCUT2D eigenvalue weighted by Gasteiger charge is -1.94. The Morgan fingerprint density at radius 1 is 1.58 bits per heavy atom. The average molecular weight is 168 g/mol. The maximum atomic E-state index is 9.93. The fourth-order valence-electron chi connectivity index (χ4n) is 0.596. The van der Waals surface area contributed by atoms with Crippen molar-refractivity contribution in [2.24, 2.45) is 0 Å². The van der Waals surface area contributed by atoms with Crippen LogP contribution in [0.25, 0.3) is 0 Å². The monoisotopic (exact) mass is 168 g/mol. The number of aliphatic hydroxyl groups excluding tert-OH is 1. The van der Waals surface area contributed by atoms with Gasteiger partial charge in [0.1, 0.15) is 6.10 Å². The Labute approximate surface area is 71.7 Å². The van der Waals surface area contributed by atoms with Crippen LogP contribution in [0, 0.1) is 11.8 Å². The molecule has 0 rings (SSSR count). The van der Waals surface area contributed by atoms with Crippen LogP contribution >= 0.6 is 0 Å². The van der Waals surface area contributed by atoms with Gasteiger partial charge in [-0.15, -0.1) is 0 Å². The third kappa shape index (κ3) is 6.84. The molecule has 66 valence electrons. The van der Waals surface area contributed by atoms with Crippen molar-refractivity contribution in [3.63, 3.8) is 0 Å². The molecule has 0 fully saturated rings. The highest BCUT2D eigenvalue weighted by atomic mass is 16.4. The zero-order chi connectivity index (χ0) is 9.40. The summed E-state index contributed by atoms with van der Waals surface area (Å²) in [6.07, 6.45) is 4.09. The molecule has 1 unspecified atom stereocenters. The third-order valence-corrected chi connectivity index (χ3v) is 1.11. The summed E-state index contributed by atoms with van der Waals surface area (Å²) in [7, 11) is 0. The van der Waals surface area contributed by atoms with Crippen molar-refractivity contribution in [2.75, 3.05) is 0 Å². The molecule has 0 spiro atoms. The minimum Gasteiger partial charge on any atom is -0.472 e. The Morgan fingerprint density at radius 2 is 2.25 bits per heavy atom. The number of aliphatic hydroxyl groups is 1. The fourth-order valence-corrected chi connectivity index (χ4v) is 0.596. The van der Waals surface area contributed by atoms with E-state index in [2.05, 4.69) is 5.92 Å². The molecule has 0 aromatic heterocycles. The Morgan fingerprint density at radius 3 is 2.75 bits per heavy atom. The molecule has 0 bridgehead atoms. The minimum atomic E-state index is -1.21. The Hall–Kier alpha value is -1.27. The molecule has 0 saturated carbocycles.